The fraction of sp³-hybridized carbons (Fsp3) is 0.400. The molecule has 0 saturated carbocycles. The van der Waals surface area contributed by atoms with Crippen LogP contribution in [-0.2, 0) is 9.59 Å². The van der Waals surface area contributed by atoms with Crippen molar-refractivity contribution in [2.24, 2.45) is 0 Å². The van der Waals surface area contributed by atoms with E-state index in [9.17, 15) is 24.5 Å². The number of fused-ring (bicyclic) bond motifs is 1. The van der Waals surface area contributed by atoms with Crippen LogP contribution in [-0.4, -0.2) is 39.8 Å². The summed E-state index contributed by atoms with van der Waals surface area (Å²) in [6.07, 6.45) is 2.87. The third-order valence-corrected chi connectivity index (χ3v) is 5.58. The third kappa shape index (κ3) is 4.11. The van der Waals surface area contributed by atoms with Crippen molar-refractivity contribution in [1.29, 1.82) is 0 Å². The van der Waals surface area contributed by atoms with Crippen molar-refractivity contribution in [3.63, 3.8) is 0 Å². The van der Waals surface area contributed by atoms with Gasteiger partial charge in [0.15, 0.2) is 0 Å². The lowest BCUT2D eigenvalue weighted by atomic mass is 9.92. The molecule has 3 N–H and O–H groups in total. The van der Waals surface area contributed by atoms with Crippen molar-refractivity contribution < 1.29 is 14.5 Å². The van der Waals surface area contributed by atoms with Crippen molar-refractivity contribution >= 4 is 35.0 Å². The van der Waals surface area contributed by atoms with Gasteiger partial charge in [-0.15, -0.1) is 0 Å². The van der Waals surface area contributed by atoms with Gasteiger partial charge in [-0.3, -0.25) is 29.5 Å². The zero-order chi connectivity index (χ0) is 22.1. The van der Waals surface area contributed by atoms with E-state index in [4.69, 9.17) is 0 Å². The molecule has 1 aromatic heterocycles. The lowest BCUT2D eigenvalue weighted by Crippen LogP contribution is -2.38. The molecule has 0 radical (unpaired) electrons. The molecule has 11 heteroatoms. The van der Waals surface area contributed by atoms with E-state index >= 15 is 0 Å². The number of rotatable bonds is 4. The second kappa shape index (κ2) is 8.17. The van der Waals surface area contributed by atoms with Crippen LogP contribution in [0, 0.1) is 17.0 Å². The minimum absolute atomic E-state index is 0.0793. The summed E-state index contributed by atoms with van der Waals surface area (Å²) in [7, 11) is 0. The summed E-state index contributed by atoms with van der Waals surface area (Å²) < 4.78 is 0. The number of nitro benzene ring substituents is 1. The highest BCUT2D eigenvalue weighted by Crippen LogP contribution is 2.31. The number of carbonyl (C=O) groups excluding carboxylic acids is 2. The molecule has 4 rings (SSSR count). The van der Waals surface area contributed by atoms with Crippen LogP contribution in [0.3, 0.4) is 0 Å². The minimum Gasteiger partial charge on any atom is -0.342 e. The highest BCUT2D eigenvalue weighted by Gasteiger charge is 2.35. The molecule has 11 nitrogen and oxygen atoms in total. The van der Waals surface area contributed by atoms with E-state index in [-0.39, 0.29) is 29.2 Å². The number of carbonyl (C=O) groups is 2. The number of hydrogen-bond donors (Lipinski definition) is 3. The highest BCUT2D eigenvalue weighted by atomic mass is 16.6. The van der Waals surface area contributed by atoms with E-state index in [2.05, 4.69) is 20.6 Å². The van der Waals surface area contributed by atoms with Crippen molar-refractivity contribution in [3.05, 3.63) is 49.8 Å². The first-order valence-corrected chi connectivity index (χ1v) is 10.1. The number of aryl methyl sites for hydroxylation is 1. The second-order valence-electron chi connectivity index (χ2n) is 7.75. The molecule has 1 unspecified atom stereocenters. The molecule has 0 spiro atoms. The minimum atomic E-state index is -1.06. The number of aromatic nitrogens is 2. The van der Waals surface area contributed by atoms with Gasteiger partial charge in [0.2, 0.25) is 17.8 Å². The van der Waals surface area contributed by atoms with Crippen molar-refractivity contribution in [2.45, 2.75) is 38.5 Å². The Bertz CT molecular complexity index is 1120. The summed E-state index contributed by atoms with van der Waals surface area (Å²) in [5.74, 6) is -1.64. The van der Waals surface area contributed by atoms with Gasteiger partial charge < -0.3 is 15.5 Å². The Morgan fingerprint density at radius 2 is 2.00 bits per heavy atom. The first kappa shape index (κ1) is 20.5. The summed E-state index contributed by atoms with van der Waals surface area (Å²) in [4.78, 5) is 57.7. The van der Waals surface area contributed by atoms with Crippen LogP contribution in [0.1, 0.15) is 42.7 Å². The monoisotopic (exact) mass is 426 g/mol. The van der Waals surface area contributed by atoms with Crippen LogP contribution >= 0.6 is 0 Å². The van der Waals surface area contributed by atoms with Crippen molar-refractivity contribution in [2.75, 3.05) is 28.6 Å². The van der Waals surface area contributed by atoms with Gasteiger partial charge in [0.1, 0.15) is 5.82 Å². The Morgan fingerprint density at radius 1 is 1.26 bits per heavy atom. The molecule has 0 bridgehead atoms. The van der Waals surface area contributed by atoms with Gasteiger partial charge in [-0.1, -0.05) is 6.07 Å². The fourth-order valence-corrected chi connectivity index (χ4v) is 3.95. The first-order chi connectivity index (χ1) is 14.8. The average Bonchev–Trinajstić information content (AvgIpc) is 2.74. The molecule has 2 aromatic rings. The topological polar surface area (TPSA) is 150 Å². The van der Waals surface area contributed by atoms with Gasteiger partial charge in [-0.25, -0.2) is 0 Å². The van der Waals surface area contributed by atoms with Gasteiger partial charge in [0.05, 0.1) is 16.4 Å². The maximum atomic E-state index is 12.9. The van der Waals surface area contributed by atoms with Crippen LogP contribution in [0.5, 0.6) is 0 Å². The number of nitrogens with zero attached hydrogens (tertiary/aromatic N) is 3. The van der Waals surface area contributed by atoms with Gasteiger partial charge in [-0.2, -0.15) is 4.98 Å². The predicted molar refractivity (Wildman–Crippen MR) is 113 cm³/mol. The summed E-state index contributed by atoms with van der Waals surface area (Å²) in [5.41, 5.74) is 0.130. The number of amides is 2. The molecule has 2 aliphatic rings. The molecule has 1 fully saturated rings. The zero-order valence-electron chi connectivity index (χ0n) is 16.9. The number of benzene rings is 1. The normalized spacial score (nSPS) is 18.2. The maximum Gasteiger partial charge on any atom is 0.274 e. The Hall–Kier alpha value is -3.76. The molecule has 2 amide bonds. The fourth-order valence-electron chi connectivity index (χ4n) is 3.95. The van der Waals surface area contributed by atoms with E-state index in [1.807, 2.05) is 4.90 Å². The number of anilines is 3. The number of nitrogens with one attached hydrogen (secondary N) is 3. The Balaban J connectivity index is 1.64. The SMILES string of the molecule is Cc1ccc(NC(=O)C2CC(=O)Nc3nc(N4CCCCC4)[nH]c(=O)c32)cc1[N+](=O)[O-]. The lowest BCUT2D eigenvalue weighted by molar-refractivity contribution is -0.385. The van der Waals surface area contributed by atoms with E-state index in [1.165, 1.54) is 18.2 Å². The molecule has 3 heterocycles. The van der Waals surface area contributed by atoms with Gasteiger partial charge >= 0.3 is 0 Å². The Kier molecular flexibility index (Phi) is 5.40. The molecule has 1 saturated heterocycles. The summed E-state index contributed by atoms with van der Waals surface area (Å²) in [6.45, 7) is 3.11. The maximum absolute atomic E-state index is 12.9. The quantitative estimate of drug-likeness (QED) is 0.500. The average molecular weight is 426 g/mol. The molecule has 0 aliphatic carbocycles. The lowest BCUT2D eigenvalue weighted by Gasteiger charge is -2.29. The highest BCUT2D eigenvalue weighted by molar-refractivity contribution is 6.04. The first-order valence-electron chi connectivity index (χ1n) is 10.1. The van der Waals surface area contributed by atoms with Crippen LogP contribution in [0.15, 0.2) is 23.0 Å². The predicted octanol–water partition coefficient (Wildman–Crippen LogP) is 2.04. The summed E-state index contributed by atoms with van der Waals surface area (Å²) in [6, 6.07) is 4.31. The summed E-state index contributed by atoms with van der Waals surface area (Å²) in [5, 5.41) is 16.3. The van der Waals surface area contributed by atoms with Crippen LogP contribution in [0.2, 0.25) is 0 Å². The molecule has 2 aliphatic heterocycles. The summed E-state index contributed by atoms with van der Waals surface area (Å²) >= 11 is 0. The van der Waals surface area contributed by atoms with Crippen LogP contribution < -0.4 is 21.1 Å². The van der Waals surface area contributed by atoms with E-state index in [0.717, 1.165) is 32.4 Å². The third-order valence-electron chi connectivity index (χ3n) is 5.58. The van der Waals surface area contributed by atoms with Crippen molar-refractivity contribution in [1.82, 2.24) is 9.97 Å². The number of nitro groups is 1. The van der Waals surface area contributed by atoms with Gasteiger partial charge in [0.25, 0.3) is 11.2 Å². The number of hydrogen-bond acceptors (Lipinski definition) is 7. The molecular weight excluding hydrogens is 404 g/mol. The number of piperidine rings is 1. The Labute approximate surface area is 177 Å². The second-order valence-corrected chi connectivity index (χ2v) is 7.75. The van der Waals surface area contributed by atoms with Gasteiger partial charge in [-0.05, 0) is 32.3 Å². The molecular formula is C20H22N6O5. The number of aromatic amines is 1. The van der Waals surface area contributed by atoms with Crippen molar-refractivity contribution in [3.8, 4) is 0 Å². The molecule has 31 heavy (non-hydrogen) atoms. The van der Waals surface area contributed by atoms with Gasteiger partial charge in [0, 0.05) is 36.8 Å². The Morgan fingerprint density at radius 3 is 2.71 bits per heavy atom. The zero-order valence-corrected chi connectivity index (χ0v) is 16.9. The molecule has 162 valence electrons. The van der Waals surface area contributed by atoms with E-state index in [1.54, 1.807) is 6.92 Å². The standard InChI is InChI=1S/C20H22N6O5/c1-11-5-6-12(9-14(11)26(30)31)21-18(28)13-10-15(27)22-17-16(13)19(29)24-20(23-17)25-7-3-2-4-8-25/h5-6,9,13H,2-4,7-8,10H2,1H3,(H,21,28)(H2,22,23,24,27,29). The molecule has 1 aromatic carbocycles. The largest absolute Gasteiger partial charge is 0.342 e. The van der Waals surface area contributed by atoms with E-state index < -0.39 is 28.2 Å². The van der Waals surface area contributed by atoms with Crippen LogP contribution in [0.25, 0.3) is 0 Å². The van der Waals surface area contributed by atoms with E-state index in [0.29, 0.717) is 11.5 Å². The smallest absolute Gasteiger partial charge is 0.274 e. The number of H-pyrrole nitrogens is 1. The van der Waals surface area contributed by atoms with Crippen LogP contribution in [0.4, 0.5) is 23.1 Å². The molecule has 1 atom stereocenters.